The molecule has 0 aliphatic carbocycles. The lowest BCUT2D eigenvalue weighted by molar-refractivity contribution is -0.148. The van der Waals surface area contributed by atoms with Crippen molar-refractivity contribution in [3.63, 3.8) is 0 Å². The first kappa shape index (κ1) is 15.5. The van der Waals surface area contributed by atoms with E-state index < -0.39 is 5.54 Å². The highest BCUT2D eigenvalue weighted by Gasteiger charge is 2.36. The summed E-state index contributed by atoms with van der Waals surface area (Å²) < 4.78 is 10.1. The van der Waals surface area contributed by atoms with Crippen LogP contribution in [0.25, 0.3) is 0 Å². The molecule has 0 amide bonds. The van der Waals surface area contributed by atoms with E-state index in [4.69, 9.17) is 9.47 Å². The van der Waals surface area contributed by atoms with Crippen LogP contribution in [0.1, 0.15) is 26.3 Å². The zero-order chi connectivity index (χ0) is 14.5. The number of nitrogens with one attached hydrogen (secondary N) is 1. The van der Waals surface area contributed by atoms with Gasteiger partial charge in [0.2, 0.25) is 0 Å². The first-order valence-corrected chi connectivity index (χ1v) is 6.42. The second-order valence-corrected chi connectivity index (χ2v) is 5.12. The molecule has 4 heteroatoms. The summed E-state index contributed by atoms with van der Waals surface area (Å²) >= 11 is 0. The van der Waals surface area contributed by atoms with Crippen LogP contribution >= 0.6 is 0 Å². The highest BCUT2D eigenvalue weighted by Crippen LogP contribution is 2.25. The van der Waals surface area contributed by atoms with Crippen molar-refractivity contribution >= 4 is 5.97 Å². The summed E-state index contributed by atoms with van der Waals surface area (Å²) in [5.74, 6) is 0.917. The van der Waals surface area contributed by atoms with Crippen LogP contribution in [0, 0.1) is 5.92 Å². The molecule has 0 fully saturated rings. The number of carbonyl (C=O) groups excluding carboxylic acids is 1. The molecule has 0 aromatic heterocycles. The Labute approximate surface area is 115 Å². The van der Waals surface area contributed by atoms with Gasteiger partial charge in [-0.05, 0) is 37.1 Å². The van der Waals surface area contributed by atoms with E-state index in [-0.39, 0.29) is 5.97 Å². The normalized spacial score (nSPS) is 14.0. The predicted molar refractivity (Wildman–Crippen MR) is 75.2 cm³/mol. The summed E-state index contributed by atoms with van der Waals surface area (Å²) in [6.07, 6.45) is 0. The Hall–Kier alpha value is -1.55. The van der Waals surface area contributed by atoms with Crippen molar-refractivity contribution < 1.29 is 14.3 Å². The van der Waals surface area contributed by atoms with E-state index in [2.05, 4.69) is 19.2 Å². The number of benzene rings is 1. The molecule has 19 heavy (non-hydrogen) atoms. The number of hydrogen-bond donors (Lipinski definition) is 1. The molecule has 1 unspecified atom stereocenters. The minimum atomic E-state index is -0.842. The fraction of sp³-hybridized carbons (Fsp3) is 0.533. The van der Waals surface area contributed by atoms with Gasteiger partial charge in [-0.1, -0.05) is 26.0 Å². The van der Waals surface area contributed by atoms with Gasteiger partial charge in [0.1, 0.15) is 11.3 Å². The van der Waals surface area contributed by atoms with E-state index in [1.165, 1.54) is 7.11 Å². The van der Waals surface area contributed by atoms with Gasteiger partial charge >= 0.3 is 5.97 Å². The third-order valence-electron chi connectivity index (χ3n) is 3.12. The largest absolute Gasteiger partial charge is 0.497 e. The monoisotopic (exact) mass is 265 g/mol. The number of hydrogen-bond acceptors (Lipinski definition) is 4. The Balaban J connectivity index is 3.03. The van der Waals surface area contributed by atoms with E-state index >= 15 is 0 Å². The molecule has 1 N–H and O–H groups in total. The maximum absolute atomic E-state index is 12.1. The van der Waals surface area contributed by atoms with Gasteiger partial charge in [-0.3, -0.25) is 5.32 Å². The molecule has 0 saturated heterocycles. The van der Waals surface area contributed by atoms with Crippen LogP contribution in [0.3, 0.4) is 0 Å². The minimum Gasteiger partial charge on any atom is -0.497 e. The topological polar surface area (TPSA) is 47.6 Å². The van der Waals surface area contributed by atoms with Gasteiger partial charge in [0, 0.05) is 0 Å². The van der Waals surface area contributed by atoms with E-state index in [0.717, 1.165) is 17.9 Å². The molecule has 4 nitrogen and oxygen atoms in total. The predicted octanol–water partition coefficient (Wildman–Crippen LogP) is 2.33. The highest BCUT2D eigenvalue weighted by atomic mass is 16.5. The Morgan fingerprint density at radius 1 is 1.26 bits per heavy atom. The van der Waals surface area contributed by atoms with Gasteiger partial charge < -0.3 is 9.47 Å². The van der Waals surface area contributed by atoms with Crippen LogP contribution < -0.4 is 10.1 Å². The van der Waals surface area contributed by atoms with Gasteiger partial charge in [0.05, 0.1) is 14.2 Å². The Bertz CT molecular complexity index is 414. The van der Waals surface area contributed by atoms with Crippen molar-refractivity contribution in [3.05, 3.63) is 29.8 Å². The first-order chi connectivity index (χ1) is 8.93. The van der Waals surface area contributed by atoms with Crippen molar-refractivity contribution in [1.29, 1.82) is 0 Å². The molecule has 0 spiro atoms. The van der Waals surface area contributed by atoms with Crippen LogP contribution in [0.4, 0.5) is 0 Å². The van der Waals surface area contributed by atoms with E-state index in [1.54, 1.807) is 7.11 Å². The first-order valence-electron chi connectivity index (χ1n) is 6.42. The molecule has 0 radical (unpaired) electrons. The second kappa shape index (κ2) is 6.57. The quantitative estimate of drug-likeness (QED) is 0.802. The van der Waals surface area contributed by atoms with Gasteiger partial charge in [0.15, 0.2) is 0 Å². The standard InChI is InChI=1S/C15H23NO3/c1-11(2)10-16-15(3,14(17)19-5)12-6-8-13(18-4)9-7-12/h6-9,11,16H,10H2,1-5H3. The van der Waals surface area contributed by atoms with Crippen LogP contribution in [0.15, 0.2) is 24.3 Å². The molecule has 0 saturated carbocycles. The van der Waals surface area contributed by atoms with Crippen molar-refractivity contribution in [1.82, 2.24) is 5.32 Å². The van der Waals surface area contributed by atoms with Crippen molar-refractivity contribution in [3.8, 4) is 5.75 Å². The fourth-order valence-electron chi connectivity index (χ4n) is 1.83. The number of rotatable bonds is 6. The lowest BCUT2D eigenvalue weighted by atomic mass is 9.91. The molecule has 1 aromatic rings. The smallest absolute Gasteiger partial charge is 0.330 e. The summed E-state index contributed by atoms with van der Waals surface area (Å²) in [5, 5.41) is 3.28. The molecule has 106 valence electrons. The molecule has 1 atom stereocenters. The molecule has 0 aliphatic heterocycles. The summed E-state index contributed by atoms with van der Waals surface area (Å²) in [6, 6.07) is 7.44. The van der Waals surface area contributed by atoms with Gasteiger partial charge in [-0.2, -0.15) is 0 Å². The maximum atomic E-state index is 12.1. The molecule has 0 bridgehead atoms. The number of esters is 1. The van der Waals surface area contributed by atoms with Gasteiger partial charge in [-0.25, -0.2) is 4.79 Å². The minimum absolute atomic E-state index is 0.293. The number of carbonyl (C=O) groups is 1. The van der Waals surface area contributed by atoms with Crippen molar-refractivity contribution in [2.24, 2.45) is 5.92 Å². The zero-order valence-electron chi connectivity index (χ0n) is 12.3. The second-order valence-electron chi connectivity index (χ2n) is 5.12. The van der Waals surface area contributed by atoms with Crippen LogP contribution in [0.5, 0.6) is 5.75 Å². The molecule has 0 aliphatic rings. The SMILES string of the molecule is COC(=O)C(C)(NCC(C)C)c1ccc(OC)cc1. The molecular formula is C15H23NO3. The Morgan fingerprint density at radius 2 is 1.84 bits per heavy atom. The lowest BCUT2D eigenvalue weighted by Gasteiger charge is -2.29. The van der Waals surface area contributed by atoms with Crippen LogP contribution in [-0.4, -0.2) is 26.7 Å². The molecule has 1 aromatic carbocycles. The summed E-state index contributed by atoms with van der Waals surface area (Å²) in [6.45, 7) is 6.76. The van der Waals surface area contributed by atoms with E-state index in [9.17, 15) is 4.79 Å². The van der Waals surface area contributed by atoms with Crippen LogP contribution in [0.2, 0.25) is 0 Å². The Morgan fingerprint density at radius 3 is 2.26 bits per heavy atom. The third-order valence-corrected chi connectivity index (χ3v) is 3.12. The zero-order valence-corrected chi connectivity index (χ0v) is 12.3. The third kappa shape index (κ3) is 3.70. The van der Waals surface area contributed by atoms with Gasteiger partial charge in [0.25, 0.3) is 0 Å². The number of ether oxygens (including phenoxy) is 2. The molecular weight excluding hydrogens is 242 g/mol. The number of methoxy groups -OCH3 is 2. The van der Waals surface area contributed by atoms with E-state index in [0.29, 0.717) is 5.92 Å². The average molecular weight is 265 g/mol. The maximum Gasteiger partial charge on any atom is 0.330 e. The van der Waals surface area contributed by atoms with Crippen molar-refractivity contribution in [2.45, 2.75) is 26.3 Å². The van der Waals surface area contributed by atoms with Crippen LogP contribution in [-0.2, 0) is 15.1 Å². The molecule has 0 heterocycles. The summed E-state index contributed by atoms with van der Waals surface area (Å²) in [7, 11) is 3.02. The summed E-state index contributed by atoms with van der Waals surface area (Å²) in [5.41, 5.74) is 0.0199. The lowest BCUT2D eigenvalue weighted by Crippen LogP contribution is -2.48. The fourth-order valence-corrected chi connectivity index (χ4v) is 1.83. The van der Waals surface area contributed by atoms with Crippen molar-refractivity contribution in [2.75, 3.05) is 20.8 Å². The van der Waals surface area contributed by atoms with E-state index in [1.807, 2.05) is 31.2 Å². The van der Waals surface area contributed by atoms with Gasteiger partial charge in [-0.15, -0.1) is 0 Å². The molecule has 1 rings (SSSR count). The highest BCUT2D eigenvalue weighted by molar-refractivity contribution is 5.82. The summed E-state index contributed by atoms with van der Waals surface area (Å²) in [4.78, 5) is 12.1. The average Bonchev–Trinajstić information content (AvgIpc) is 2.43. The Kier molecular flexibility index (Phi) is 5.36.